The fourth-order valence-corrected chi connectivity index (χ4v) is 2.31. The number of hydrogen-bond donors (Lipinski definition) is 1. The maximum Gasteiger partial charge on any atom is 0.0706 e. The number of pyridine rings is 1. The number of nitrogens with one attached hydrogen (secondary N) is 1. The third-order valence-corrected chi connectivity index (χ3v) is 3.91. The number of hydrogen-bond acceptors (Lipinski definition) is 3. The Labute approximate surface area is 121 Å². The zero-order valence-electron chi connectivity index (χ0n) is 12.8. The van der Waals surface area contributed by atoms with Crippen molar-refractivity contribution in [3.05, 3.63) is 42.1 Å². The van der Waals surface area contributed by atoms with Crippen molar-refractivity contribution in [2.75, 3.05) is 14.2 Å². The normalized spacial score (nSPS) is 13.6. The lowest BCUT2D eigenvalue weighted by atomic mass is 9.97. The molecule has 2 rings (SSSR count). The smallest absolute Gasteiger partial charge is 0.0706 e. The average molecular weight is 272 g/mol. The van der Waals surface area contributed by atoms with Gasteiger partial charge in [0.05, 0.1) is 16.8 Å². The summed E-state index contributed by atoms with van der Waals surface area (Å²) in [6.07, 6.45) is 1.99. The van der Waals surface area contributed by atoms with E-state index in [4.69, 9.17) is 9.72 Å². The Bertz CT molecular complexity index is 566. The Morgan fingerprint density at radius 2 is 1.95 bits per heavy atom. The van der Waals surface area contributed by atoms with E-state index in [1.807, 2.05) is 19.2 Å². The molecule has 20 heavy (non-hydrogen) atoms. The van der Waals surface area contributed by atoms with Crippen LogP contribution in [0.5, 0.6) is 0 Å². The molecule has 0 aliphatic carbocycles. The summed E-state index contributed by atoms with van der Waals surface area (Å²) < 4.78 is 5.49. The molecule has 1 unspecified atom stereocenters. The molecule has 1 aromatic heterocycles. The summed E-state index contributed by atoms with van der Waals surface area (Å²) in [4.78, 5) is 4.77. The molecule has 0 aliphatic heterocycles. The lowest BCUT2D eigenvalue weighted by Crippen LogP contribution is -2.26. The first-order valence-corrected chi connectivity index (χ1v) is 7.14. The third-order valence-electron chi connectivity index (χ3n) is 3.91. The number of methoxy groups -OCH3 is 1. The fourth-order valence-electron chi connectivity index (χ4n) is 2.31. The minimum atomic E-state index is -0.0913. The van der Waals surface area contributed by atoms with Crippen molar-refractivity contribution in [3.8, 4) is 0 Å². The van der Waals surface area contributed by atoms with Gasteiger partial charge < -0.3 is 10.1 Å². The van der Waals surface area contributed by atoms with Crippen molar-refractivity contribution >= 4 is 10.9 Å². The molecule has 108 valence electrons. The minimum absolute atomic E-state index is 0.0913. The standard InChI is InChI=1S/C17H24N2O/c1-17(2,20-4)12-11-15(18-3)16-10-9-13-7-5-6-8-14(13)19-16/h5-10,15,18H,11-12H2,1-4H3. The average Bonchev–Trinajstić information content (AvgIpc) is 2.47. The number of ether oxygens (including phenoxy) is 1. The van der Waals surface area contributed by atoms with Crippen molar-refractivity contribution in [1.29, 1.82) is 0 Å². The highest BCUT2D eigenvalue weighted by atomic mass is 16.5. The van der Waals surface area contributed by atoms with E-state index < -0.39 is 0 Å². The summed E-state index contributed by atoms with van der Waals surface area (Å²) in [7, 11) is 3.75. The van der Waals surface area contributed by atoms with Crippen LogP contribution in [-0.4, -0.2) is 24.7 Å². The highest BCUT2D eigenvalue weighted by molar-refractivity contribution is 5.78. The Morgan fingerprint density at radius 3 is 2.65 bits per heavy atom. The van der Waals surface area contributed by atoms with Crippen molar-refractivity contribution in [2.45, 2.75) is 38.3 Å². The topological polar surface area (TPSA) is 34.1 Å². The van der Waals surface area contributed by atoms with Crippen molar-refractivity contribution in [2.24, 2.45) is 0 Å². The molecule has 0 bridgehead atoms. The molecule has 1 N–H and O–H groups in total. The monoisotopic (exact) mass is 272 g/mol. The van der Waals surface area contributed by atoms with Gasteiger partial charge in [-0.25, -0.2) is 0 Å². The number of fused-ring (bicyclic) bond motifs is 1. The van der Waals surface area contributed by atoms with Gasteiger partial charge in [-0.1, -0.05) is 24.3 Å². The van der Waals surface area contributed by atoms with E-state index in [1.54, 1.807) is 7.11 Å². The molecule has 0 saturated heterocycles. The molecule has 0 spiro atoms. The number of rotatable bonds is 6. The van der Waals surface area contributed by atoms with Crippen LogP contribution in [0.4, 0.5) is 0 Å². The first-order chi connectivity index (χ1) is 9.55. The number of para-hydroxylation sites is 1. The van der Waals surface area contributed by atoms with Crippen molar-refractivity contribution < 1.29 is 4.74 Å². The molecule has 1 heterocycles. The van der Waals surface area contributed by atoms with Gasteiger partial charge in [0, 0.05) is 18.5 Å². The van der Waals surface area contributed by atoms with Crippen LogP contribution in [0, 0.1) is 0 Å². The number of nitrogens with zero attached hydrogens (tertiary/aromatic N) is 1. The predicted octanol–water partition coefficient (Wildman–Crippen LogP) is 3.70. The first kappa shape index (κ1) is 14.9. The summed E-state index contributed by atoms with van der Waals surface area (Å²) in [6, 6.07) is 12.7. The van der Waals surface area contributed by atoms with Crippen LogP contribution in [0.1, 0.15) is 38.4 Å². The molecule has 1 atom stereocenters. The summed E-state index contributed by atoms with van der Waals surface area (Å²) in [6.45, 7) is 4.24. The third kappa shape index (κ3) is 3.56. The molecule has 1 aromatic carbocycles. The van der Waals surface area contributed by atoms with Gasteiger partial charge >= 0.3 is 0 Å². The molecular weight excluding hydrogens is 248 g/mol. The van der Waals surface area contributed by atoms with Gasteiger partial charge in [0.15, 0.2) is 0 Å². The molecule has 0 amide bonds. The zero-order chi connectivity index (χ0) is 14.6. The lowest BCUT2D eigenvalue weighted by molar-refractivity contribution is 0.0117. The van der Waals surface area contributed by atoms with Gasteiger partial charge in [-0.3, -0.25) is 4.98 Å². The molecule has 2 aromatic rings. The van der Waals surface area contributed by atoms with Crippen LogP contribution in [0.15, 0.2) is 36.4 Å². The molecule has 3 heteroatoms. The van der Waals surface area contributed by atoms with E-state index in [0.29, 0.717) is 0 Å². The Kier molecular flexibility index (Phi) is 4.73. The molecule has 0 aliphatic rings. The first-order valence-electron chi connectivity index (χ1n) is 7.14. The van der Waals surface area contributed by atoms with Crippen LogP contribution in [0.25, 0.3) is 10.9 Å². The minimum Gasteiger partial charge on any atom is -0.379 e. The van der Waals surface area contributed by atoms with Crippen LogP contribution >= 0.6 is 0 Å². The van der Waals surface area contributed by atoms with Gasteiger partial charge in [0.1, 0.15) is 0 Å². The van der Waals surface area contributed by atoms with Gasteiger partial charge in [0.2, 0.25) is 0 Å². The highest BCUT2D eigenvalue weighted by Crippen LogP contribution is 2.24. The highest BCUT2D eigenvalue weighted by Gasteiger charge is 2.20. The number of benzene rings is 1. The quantitative estimate of drug-likeness (QED) is 0.870. The van der Waals surface area contributed by atoms with E-state index in [2.05, 4.69) is 43.4 Å². The van der Waals surface area contributed by atoms with Gasteiger partial charge in [-0.2, -0.15) is 0 Å². The molecular formula is C17H24N2O. The summed E-state index contributed by atoms with van der Waals surface area (Å²) in [5, 5.41) is 4.55. The second-order valence-corrected chi connectivity index (χ2v) is 5.77. The van der Waals surface area contributed by atoms with E-state index in [9.17, 15) is 0 Å². The SMILES string of the molecule is CNC(CCC(C)(C)OC)c1ccc2ccccc2n1. The second kappa shape index (κ2) is 6.33. The van der Waals surface area contributed by atoms with Gasteiger partial charge in [-0.05, 0) is 45.9 Å². The van der Waals surface area contributed by atoms with E-state index in [1.165, 1.54) is 5.39 Å². The molecule has 0 saturated carbocycles. The summed E-state index contributed by atoms with van der Waals surface area (Å²) in [5.74, 6) is 0. The molecule has 3 nitrogen and oxygen atoms in total. The van der Waals surface area contributed by atoms with Crippen molar-refractivity contribution in [1.82, 2.24) is 10.3 Å². The zero-order valence-corrected chi connectivity index (χ0v) is 12.8. The lowest BCUT2D eigenvalue weighted by Gasteiger charge is -2.25. The molecule has 0 radical (unpaired) electrons. The summed E-state index contributed by atoms with van der Waals surface area (Å²) in [5.41, 5.74) is 2.06. The van der Waals surface area contributed by atoms with E-state index >= 15 is 0 Å². The second-order valence-electron chi connectivity index (χ2n) is 5.77. The Morgan fingerprint density at radius 1 is 1.20 bits per heavy atom. The van der Waals surface area contributed by atoms with E-state index in [-0.39, 0.29) is 11.6 Å². The molecule has 0 fully saturated rings. The van der Waals surface area contributed by atoms with E-state index in [0.717, 1.165) is 24.1 Å². The predicted molar refractivity (Wildman–Crippen MR) is 83.9 cm³/mol. The van der Waals surface area contributed by atoms with Gasteiger partial charge in [0.25, 0.3) is 0 Å². The van der Waals surface area contributed by atoms with Crippen LogP contribution in [-0.2, 0) is 4.74 Å². The largest absolute Gasteiger partial charge is 0.379 e. The fraction of sp³-hybridized carbons (Fsp3) is 0.471. The maximum absolute atomic E-state index is 5.49. The summed E-state index contributed by atoms with van der Waals surface area (Å²) >= 11 is 0. The number of aromatic nitrogens is 1. The van der Waals surface area contributed by atoms with Crippen LogP contribution in [0.2, 0.25) is 0 Å². The van der Waals surface area contributed by atoms with Crippen LogP contribution < -0.4 is 5.32 Å². The van der Waals surface area contributed by atoms with Gasteiger partial charge in [-0.15, -0.1) is 0 Å². The van der Waals surface area contributed by atoms with Crippen LogP contribution in [0.3, 0.4) is 0 Å². The Balaban J connectivity index is 2.17. The van der Waals surface area contributed by atoms with Crippen molar-refractivity contribution in [3.63, 3.8) is 0 Å². The Hall–Kier alpha value is -1.45. The maximum atomic E-state index is 5.49.